The van der Waals surface area contributed by atoms with Gasteiger partial charge >= 0.3 is 5.97 Å². The van der Waals surface area contributed by atoms with Gasteiger partial charge in [0.05, 0.1) is 17.3 Å². The number of hydrogen-bond acceptors (Lipinski definition) is 5. The Morgan fingerprint density at radius 1 is 1.62 bits per heavy atom. The number of carbonyl (C=O) groups is 1. The van der Waals surface area contributed by atoms with Gasteiger partial charge in [-0.3, -0.25) is 0 Å². The van der Waals surface area contributed by atoms with Gasteiger partial charge in [0.15, 0.2) is 5.13 Å². The van der Waals surface area contributed by atoms with Crippen LogP contribution in [0.15, 0.2) is 6.07 Å². The van der Waals surface area contributed by atoms with E-state index in [0.717, 1.165) is 4.70 Å². The topological polar surface area (TPSA) is 85.4 Å². The van der Waals surface area contributed by atoms with Crippen LogP contribution in [0, 0.1) is 6.92 Å². The SMILES string of the molecule is COc1c(C(=O)O)cc2sc(N)nc2c1C. The molecule has 0 amide bonds. The van der Waals surface area contributed by atoms with Crippen molar-refractivity contribution in [1.82, 2.24) is 4.98 Å². The number of thiazole rings is 1. The maximum absolute atomic E-state index is 11.1. The fourth-order valence-electron chi connectivity index (χ4n) is 1.64. The summed E-state index contributed by atoms with van der Waals surface area (Å²) in [6.45, 7) is 1.77. The number of nitrogens with two attached hydrogens (primary N) is 1. The third kappa shape index (κ3) is 1.47. The molecule has 6 heteroatoms. The van der Waals surface area contributed by atoms with Crippen molar-refractivity contribution in [3.8, 4) is 5.75 Å². The van der Waals surface area contributed by atoms with E-state index in [0.29, 0.717) is 22.0 Å². The largest absolute Gasteiger partial charge is 0.495 e. The van der Waals surface area contributed by atoms with Crippen molar-refractivity contribution in [2.24, 2.45) is 0 Å². The van der Waals surface area contributed by atoms with Gasteiger partial charge < -0.3 is 15.6 Å². The molecular weight excluding hydrogens is 228 g/mol. The Morgan fingerprint density at radius 3 is 2.88 bits per heavy atom. The van der Waals surface area contributed by atoms with Gasteiger partial charge in [0, 0.05) is 5.56 Å². The summed E-state index contributed by atoms with van der Waals surface area (Å²) in [5.74, 6) is -0.681. The number of aromatic carboxylic acids is 1. The van der Waals surface area contributed by atoms with E-state index >= 15 is 0 Å². The molecule has 0 radical (unpaired) electrons. The van der Waals surface area contributed by atoms with Crippen molar-refractivity contribution in [1.29, 1.82) is 0 Å². The molecule has 1 aromatic heterocycles. The first-order valence-corrected chi connectivity index (χ1v) is 5.33. The number of rotatable bonds is 2. The molecule has 1 aromatic carbocycles. The van der Waals surface area contributed by atoms with Crippen LogP contribution in [0.3, 0.4) is 0 Å². The van der Waals surface area contributed by atoms with Gasteiger partial charge in [-0.2, -0.15) is 0 Å². The predicted molar refractivity (Wildman–Crippen MR) is 62.3 cm³/mol. The van der Waals surface area contributed by atoms with Crippen LogP contribution < -0.4 is 10.5 Å². The highest BCUT2D eigenvalue weighted by Gasteiger charge is 2.18. The van der Waals surface area contributed by atoms with Gasteiger partial charge in [0.1, 0.15) is 11.3 Å². The molecular formula is C10H10N2O3S. The lowest BCUT2D eigenvalue weighted by Gasteiger charge is -2.08. The monoisotopic (exact) mass is 238 g/mol. The van der Waals surface area contributed by atoms with Crippen LogP contribution in [0.2, 0.25) is 0 Å². The molecule has 16 heavy (non-hydrogen) atoms. The number of carboxylic acids is 1. The fraction of sp³-hybridized carbons (Fsp3) is 0.200. The normalized spacial score (nSPS) is 10.6. The lowest BCUT2D eigenvalue weighted by Crippen LogP contribution is -2.02. The summed E-state index contributed by atoms with van der Waals surface area (Å²) in [7, 11) is 1.44. The standard InChI is InChI=1S/C10H10N2O3S/c1-4-7-6(16-10(11)12-7)3-5(9(13)14)8(4)15-2/h3H,1-2H3,(H2,11,12)(H,13,14). The van der Waals surface area contributed by atoms with Crippen molar-refractivity contribution in [3.63, 3.8) is 0 Å². The average molecular weight is 238 g/mol. The second kappa shape index (κ2) is 3.64. The molecule has 0 aliphatic heterocycles. The van der Waals surface area contributed by atoms with Crippen molar-refractivity contribution in [3.05, 3.63) is 17.2 Å². The number of methoxy groups -OCH3 is 1. The van der Waals surface area contributed by atoms with Crippen LogP contribution in [0.4, 0.5) is 5.13 Å². The number of benzene rings is 1. The maximum atomic E-state index is 11.1. The van der Waals surface area contributed by atoms with Crippen LogP contribution >= 0.6 is 11.3 Å². The summed E-state index contributed by atoms with van der Waals surface area (Å²) >= 11 is 1.26. The Kier molecular flexibility index (Phi) is 2.43. The molecule has 3 N–H and O–H groups in total. The van der Waals surface area contributed by atoms with E-state index in [1.807, 2.05) is 0 Å². The zero-order valence-corrected chi connectivity index (χ0v) is 9.59. The Labute approximate surface area is 95.5 Å². The van der Waals surface area contributed by atoms with E-state index in [4.69, 9.17) is 15.6 Å². The molecule has 0 unspecified atom stereocenters. The van der Waals surface area contributed by atoms with Crippen LogP contribution in [-0.2, 0) is 0 Å². The van der Waals surface area contributed by atoms with Crippen LogP contribution in [0.25, 0.3) is 10.2 Å². The molecule has 84 valence electrons. The minimum atomic E-state index is -1.02. The number of nitrogen functional groups attached to an aromatic ring is 1. The lowest BCUT2D eigenvalue weighted by atomic mass is 10.1. The summed E-state index contributed by atoms with van der Waals surface area (Å²) in [4.78, 5) is 15.2. The molecule has 2 rings (SSSR count). The van der Waals surface area contributed by atoms with Crippen LogP contribution in [0.1, 0.15) is 15.9 Å². The van der Waals surface area contributed by atoms with Crippen molar-refractivity contribution in [2.75, 3.05) is 12.8 Å². The first-order valence-electron chi connectivity index (χ1n) is 4.51. The number of ether oxygens (including phenoxy) is 1. The minimum absolute atomic E-state index is 0.135. The molecule has 0 spiro atoms. The zero-order valence-electron chi connectivity index (χ0n) is 8.77. The van der Waals surface area contributed by atoms with Crippen LogP contribution in [0.5, 0.6) is 5.75 Å². The number of aryl methyl sites for hydroxylation is 1. The average Bonchev–Trinajstić information content (AvgIpc) is 2.58. The number of aromatic nitrogens is 1. The van der Waals surface area contributed by atoms with Gasteiger partial charge in [0.2, 0.25) is 0 Å². The fourth-order valence-corrected chi connectivity index (χ4v) is 2.48. The summed E-state index contributed by atoms with van der Waals surface area (Å²) < 4.78 is 5.86. The molecule has 0 fully saturated rings. The van der Waals surface area contributed by atoms with Gasteiger partial charge in [-0.15, -0.1) is 0 Å². The molecule has 0 bridgehead atoms. The zero-order chi connectivity index (χ0) is 11.9. The molecule has 0 aliphatic carbocycles. The maximum Gasteiger partial charge on any atom is 0.339 e. The third-order valence-electron chi connectivity index (χ3n) is 2.32. The smallest absolute Gasteiger partial charge is 0.339 e. The highest BCUT2D eigenvalue weighted by atomic mass is 32.1. The van der Waals surface area contributed by atoms with Gasteiger partial charge in [-0.25, -0.2) is 9.78 Å². The summed E-state index contributed by atoms with van der Waals surface area (Å²) in [5, 5.41) is 9.48. The first-order chi connectivity index (χ1) is 7.54. The summed E-state index contributed by atoms with van der Waals surface area (Å²) in [6, 6.07) is 1.54. The number of anilines is 1. The number of fused-ring (bicyclic) bond motifs is 1. The van der Waals surface area contributed by atoms with Gasteiger partial charge in [0.25, 0.3) is 0 Å². The third-order valence-corrected chi connectivity index (χ3v) is 3.15. The Morgan fingerprint density at radius 2 is 2.31 bits per heavy atom. The van der Waals surface area contributed by atoms with E-state index in [2.05, 4.69) is 4.98 Å². The molecule has 0 aliphatic rings. The number of nitrogens with zero attached hydrogens (tertiary/aromatic N) is 1. The van der Waals surface area contributed by atoms with Crippen molar-refractivity contribution in [2.45, 2.75) is 6.92 Å². The van der Waals surface area contributed by atoms with Crippen LogP contribution in [-0.4, -0.2) is 23.2 Å². The summed E-state index contributed by atoms with van der Waals surface area (Å²) in [6.07, 6.45) is 0. The second-order valence-electron chi connectivity index (χ2n) is 3.29. The molecule has 2 aromatic rings. The Bertz CT molecular complexity index is 577. The predicted octanol–water partition coefficient (Wildman–Crippen LogP) is 1.89. The van der Waals surface area contributed by atoms with Crippen molar-refractivity contribution < 1.29 is 14.6 Å². The minimum Gasteiger partial charge on any atom is -0.495 e. The van der Waals surface area contributed by atoms with E-state index in [9.17, 15) is 4.79 Å². The molecule has 0 saturated heterocycles. The molecule has 0 atom stereocenters. The Hall–Kier alpha value is -1.82. The first kappa shape index (κ1) is 10.7. The number of hydrogen-bond donors (Lipinski definition) is 2. The highest BCUT2D eigenvalue weighted by Crippen LogP contribution is 2.34. The van der Waals surface area contributed by atoms with E-state index < -0.39 is 5.97 Å². The molecule has 1 heterocycles. The van der Waals surface area contributed by atoms with Gasteiger partial charge in [-0.05, 0) is 13.0 Å². The van der Waals surface area contributed by atoms with E-state index in [1.165, 1.54) is 24.5 Å². The molecule has 0 saturated carbocycles. The highest BCUT2D eigenvalue weighted by molar-refractivity contribution is 7.22. The Balaban J connectivity index is 2.86. The molecule has 5 nitrogen and oxygen atoms in total. The quantitative estimate of drug-likeness (QED) is 0.834. The number of carboxylic acid groups (broad SMARTS) is 1. The van der Waals surface area contributed by atoms with Crippen molar-refractivity contribution >= 4 is 32.7 Å². The van der Waals surface area contributed by atoms with E-state index in [1.54, 1.807) is 6.92 Å². The lowest BCUT2D eigenvalue weighted by molar-refractivity contribution is 0.0693. The van der Waals surface area contributed by atoms with Gasteiger partial charge in [-0.1, -0.05) is 11.3 Å². The summed E-state index contributed by atoms with van der Waals surface area (Å²) in [5.41, 5.74) is 7.13. The second-order valence-corrected chi connectivity index (χ2v) is 4.35. The van der Waals surface area contributed by atoms with E-state index in [-0.39, 0.29) is 5.56 Å².